The fraction of sp³-hybridized carbons (Fsp3) is 0.333. The minimum atomic E-state index is 0.105. The maximum Gasteiger partial charge on any atom is 0.105 e. The van der Waals surface area contributed by atoms with Crippen molar-refractivity contribution in [3.8, 4) is 0 Å². The first kappa shape index (κ1) is 11.9. The zero-order valence-electron chi connectivity index (χ0n) is 10.2. The summed E-state index contributed by atoms with van der Waals surface area (Å²) in [6.45, 7) is 2.18. The van der Waals surface area contributed by atoms with Crippen LogP contribution in [-0.4, -0.2) is 6.04 Å². The van der Waals surface area contributed by atoms with Gasteiger partial charge >= 0.3 is 0 Å². The van der Waals surface area contributed by atoms with Gasteiger partial charge in [-0.3, -0.25) is 0 Å². The van der Waals surface area contributed by atoms with Gasteiger partial charge in [0.05, 0.1) is 6.26 Å². The number of rotatable bonds is 5. The van der Waals surface area contributed by atoms with Crippen molar-refractivity contribution < 1.29 is 4.42 Å². The minimum Gasteiger partial charge on any atom is -0.469 e. The fourth-order valence-electron chi connectivity index (χ4n) is 2.29. The second kappa shape index (κ2) is 5.69. The Morgan fingerprint density at radius 3 is 2.47 bits per heavy atom. The van der Waals surface area contributed by atoms with Gasteiger partial charge in [0.15, 0.2) is 0 Å². The van der Waals surface area contributed by atoms with E-state index in [-0.39, 0.29) is 6.04 Å². The average Bonchev–Trinajstić information content (AvgIpc) is 2.84. The molecule has 0 aliphatic carbocycles. The molecule has 2 nitrogen and oxygen atoms in total. The van der Waals surface area contributed by atoms with Crippen LogP contribution in [0.5, 0.6) is 0 Å². The Morgan fingerprint density at radius 2 is 1.88 bits per heavy atom. The SMILES string of the molecule is CCC(c1ccccc1)C(N)Cc1ccco1. The zero-order chi connectivity index (χ0) is 12.1. The summed E-state index contributed by atoms with van der Waals surface area (Å²) < 4.78 is 5.35. The third kappa shape index (κ3) is 2.98. The zero-order valence-corrected chi connectivity index (χ0v) is 10.2. The average molecular weight is 229 g/mol. The first-order chi connectivity index (χ1) is 8.31. The molecule has 0 radical (unpaired) electrons. The predicted molar refractivity (Wildman–Crippen MR) is 69.9 cm³/mol. The van der Waals surface area contributed by atoms with Crippen molar-refractivity contribution >= 4 is 0 Å². The van der Waals surface area contributed by atoms with Crippen LogP contribution in [0.1, 0.15) is 30.6 Å². The first-order valence-electron chi connectivity index (χ1n) is 6.14. The van der Waals surface area contributed by atoms with Crippen LogP contribution in [0.15, 0.2) is 53.1 Å². The number of nitrogens with two attached hydrogens (primary N) is 1. The van der Waals surface area contributed by atoms with Crippen LogP contribution in [0.2, 0.25) is 0 Å². The number of benzene rings is 1. The summed E-state index contributed by atoms with van der Waals surface area (Å²) in [5.74, 6) is 1.35. The van der Waals surface area contributed by atoms with Gasteiger partial charge in [0.25, 0.3) is 0 Å². The van der Waals surface area contributed by atoms with Gasteiger partial charge in [0.2, 0.25) is 0 Å². The Kier molecular flexibility index (Phi) is 3.99. The molecule has 2 aromatic rings. The van der Waals surface area contributed by atoms with E-state index in [0.29, 0.717) is 5.92 Å². The Hall–Kier alpha value is -1.54. The highest BCUT2D eigenvalue weighted by molar-refractivity contribution is 5.21. The lowest BCUT2D eigenvalue weighted by molar-refractivity contribution is 0.445. The van der Waals surface area contributed by atoms with Crippen molar-refractivity contribution in [2.75, 3.05) is 0 Å². The molecule has 2 rings (SSSR count). The maximum atomic E-state index is 6.29. The molecule has 0 aliphatic rings. The lowest BCUT2D eigenvalue weighted by Gasteiger charge is -2.22. The van der Waals surface area contributed by atoms with Gasteiger partial charge in [-0.2, -0.15) is 0 Å². The van der Waals surface area contributed by atoms with Gasteiger partial charge in [-0.15, -0.1) is 0 Å². The minimum absolute atomic E-state index is 0.105. The van der Waals surface area contributed by atoms with Crippen molar-refractivity contribution in [3.63, 3.8) is 0 Å². The van der Waals surface area contributed by atoms with Crippen LogP contribution >= 0.6 is 0 Å². The quantitative estimate of drug-likeness (QED) is 0.854. The molecule has 0 saturated heterocycles. The molecule has 2 heteroatoms. The van der Waals surface area contributed by atoms with E-state index < -0.39 is 0 Å². The van der Waals surface area contributed by atoms with Crippen molar-refractivity contribution in [2.24, 2.45) is 5.73 Å². The largest absolute Gasteiger partial charge is 0.469 e. The van der Waals surface area contributed by atoms with Gasteiger partial charge in [0, 0.05) is 12.5 Å². The molecule has 90 valence electrons. The summed E-state index contributed by atoms with van der Waals surface area (Å²) in [7, 11) is 0. The predicted octanol–water partition coefficient (Wildman–Crippen LogP) is 3.34. The van der Waals surface area contributed by atoms with E-state index in [1.165, 1.54) is 5.56 Å². The van der Waals surface area contributed by atoms with Gasteiger partial charge in [-0.05, 0) is 30.0 Å². The summed E-state index contributed by atoms with van der Waals surface area (Å²) >= 11 is 0. The summed E-state index contributed by atoms with van der Waals surface area (Å²) in [5.41, 5.74) is 7.61. The molecule has 1 aromatic carbocycles. The number of furan rings is 1. The van der Waals surface area contributed by atoms with E-state index in [1.54, 1.807) is 6.26 Å². The van der Waals surface area contributed by atoms with Crippen LogP contribution in [-0.2, 0) is 6.42 Å². The summed E-state index contributed by atoms with van der Waals surface area (Å²) in [4.78, 5) is 0. The normalized spacial score (nSPS) is 14.5. The van der Waals surface area contributed by atoms with E-state index in [0.717, 1.165) is 18.6 Å². The lowest BCUT2D eigenvalue weighted by atomic mass is 9.87. The maximum absolute atomic E-state index is 6.29. The number of hydrogen-bond donors (Lipinski definition) is 1. The second-order valence-electron chi connectivity index (χ2n) is 4.37. The van der Waals surface area contributed by atoms with E-state index in [1.807, 2.05) is 18.2 Å². The van der Waals surface area contributed by atoms with E-state index in [9.17, 15) is 0 Å². The molecule has 1 aromatic heterocycles. The van der Waals surface area contributed by atoms with Crippen molar-refractivity contribution in [2.45, 2.75) is 31.7 Å². The van der Waals surface area contributed by atoms with Crippen LogP contribution < -0.4 is 5.73 Å². The highest BCUT2D eigenvalue weighted by Gasteiger charge is 2.19. The van der Waals surface area contributed by atoms with Gasteiger partial charge in [-0.25, -0.2) is 0 Å². The molecular formula is C15H19NO. The highest BCUT2D eigenvalue weighted by Crippen LogP contribution is 2.24. The molecule has 0 spiro atoms. The summed E-state index contributed by atoms with van der Waals surface area (Å²) in [5, 5.41) is 0. The summed E-state index contributed by atoms with van der Waals surface area (Å²) in [6.07, 6.45) is 3.54. The molecule has 2 unspecified atom stereocenters. The van der Waals surface area contributed by atoms with Crippen molar-refractivity contribution in [1.82, 2.24) is 0 Å². The standard InChI is InChI=1S/C15H19NO/c1-2-14(12-7-4-3-5-8-12)15(16)11-13-9-6-10-17-13/h3-10,14-15H,2,11,16H2,1H3. The molecule has 1 heterocycles. The Labute approximate surface area is 102 Å². The van der Waals surface area contributed by atoms with Crippen LogP contribution in [0.4, 0.5) is 0 Å². The Morgan fingerprint density at radius 1 is 1.12 bits per heavy atom. The Bertz CT molecular complexity index is 421. The molecule has 0 saturated carbocycles. The summed E-state index contributed by atoms with van der Waals surface area (Å²) in [6, 6.07) is 14.5. The van der Waals surface area contributed by atoms with Crippen LogP contribution in [0.25, 0.3) is 0 Å². The molecule has 2 atom stereocenters. The van der Waals surface area contributed by atoms with Gasteiger partial charge in [0.1, 0.15) is 5.76 Å². The molecular weight excluding hydrogens is 210 g/mol. The molecule has 0 bridgehead atoms. The van der Waals surface area contributed by atoms with Crippen LogP contribution in [0, 0.1) is 0 Å². The number of hydrogen-bond acceptors (Lipinski definition) is 2. The smallest absolute Gasteiger partial charge is 0.105 e. The molecule has 0 fully saturated rings. The van der Waals surface area contributed by atoms with Crippen molar-refractivity contribution in [3.05, 3.63) is 60.1 Å². The third-order valence-corrected chi connectivity index (χ3v) is 3.20. The second-order valence-corrected chi connectivity index (χ2v) is 4.37. The molecule has 0 aliphatic heterocycles. The molecule has 17 heavy (non-hydrogen) atoms. The third-order valence-electron chi connectivity index (χ3n) is 3.20. The first-order valence-corrected chi connectivity index (χ1v) is 6.14. The fourth-order valence-corrected chi connectivity index (χ4v) is 2.29. The van der Waals surface area contributed by atoms with E-state index in [2.05, 4.69) is 31.2 Å². The van der Waals surface area contributed by atoms with Crippen molar-refractivity contribution in [1.29, 1.82) is 0 Å². The highest BCUT2D eigenvalue weighted by atomic mass is 16.3. The Balaban J connectivity index is 2.08. The van der Waals surface area contributed by atoms with Gasteiger partial charge in [-0.1, -0.05) is 37.3 Å². The van der Waals surface area contributed by atoms with Gasteiger partial charge < -0.3 is 10.2 Å². The molecule has 2 N–H and O–H groups in total. The lowest BCUT2D eigenvalue weighted by Crippen LogP contribution is -2.30. The van der Waals surface area contributed by atoms with E-state index in [4.69, 9.17) is 10.2 Å². The van der Waals surface area contributed by atoms with Crippen LogP contribution in [0.3, 0.4) is 0 Å². The molecule has 0 amide bonds. The van der Waals surface area contributed by atoms with E-state index >= 15 is 0 Å². The topological polar surface area (TPSA) is 39.2 Å². The monoisotopic (exact) mass is 229 g/mol.